The molecule has 0 atom stereocenters. The van der Waals surface area contributed by atoms with Gasteiger partial charge in [0.2, 0.25) is 11.6 Å². The lowest BCUT2D eigenvalue weighted by Gasteiger charge is -2.18. The molecule has 0 amide bonds. The Morgan fingerprint density at radius 1 is 0.926 bits per heavy atom. The van der Waals surface area contributed by atoms with Gasteiger partial charge in [0.1, 0.15) is 4.90 Å². The highest BCUT2D eigenvalue weighted by Crippen LogP contribution is 2.37. The number of carbonyl (C=O) groups is 2. The van der Waals surface area contributed by atoms with Gasteiger partial charge in [0.15, 0.2) is 11.5 Å². The third-order valence-electron chi connectivity index (χ3n) is 4.08. The fraction of sp³-hybridized carbons (Fsp3) is 0.0526. The van der Waals surface area contributed by atoms with Gasteiger partial charge in [-0.15, -0.1) is 0 Å². The molecular formula is C19H14O7S. The molecule has 27 heavy (non-hydrogen) atoms. The number of carbonyl (C=O) groups excluding carboxylic acids is 2. The summed E-state index contributed by atoms with van der Waals surface area (Å²) in [6, 6.07) is 9.44. The molecule has 2 aromatic carbocycles. The van der Waals surface area contributed by atoms with E-state index in [9.17, 15) is 32.8 Å². The van der Waals surface area contributed by atoms with Crippen LogP contribution in [0.1, 0.15) is 17.5 Å². The summed E-state index contributed by atoms with van der Waals surface area (Å²) >= 11 is 0. The van der Waals surface area contributed by atoms with Gasteiger partial charge in [-0.1, -0.05) is 30.3 Å². The minimum atomic E-state index is -4.59. The zero-order chi connectivity index (χ0) is 19.8. The minimum absolute atomic E-state index is 0.0897. The summed E-state index contributed by atoms with van der Waals surface area (Å²) in [5.74, 6) is -2.17. The third kappa shape index (κ3) is 3.67. The van der Waals surface area contributed by atoms with Gasteiger partial charge < -0.3 is 10.2 Å². The van der Waals surface area contributed by atoms with Crippen molar-refractivity contribution in [3.63, 3.8) is 0 Å². The molecule has 3 rings (SSSR count). The van der Waals surface area contributed by atoms with E-state index in [4.69, 9.17) is 0 Å². The number of hydrogen-bond acceptors (Lipinski definition) is 6. The van der Waals surface area contributed by atoms with Gasteiger partial charge in [0.05, 0.1) is 0 Å². The summed E-state index contributed by atoms with van der Waals surface area (Å²) in [4.78, 5) is 23.0. The highest BCUT2D eigenvalue weighted by atomic mass is 32.2. The quantitative estimate of drug-likeness (QED) is 0.419. The molecule has 1 aliphatic rings. The van der Waals surface area contributed by atoms with Crippen LogP contribution in [0.2, 0.25) is 0 Å². The molecule has 1 aliphatic carbocycles. The Morgan fingerprint density at radius 2 is 1.63 bits per heavy atom. The molecule has 0 bridgehead atoms. The van der Waals surface area contributed by atoms with Crippen molar-refractivity contribution in [2.24, 2.45) is 0 Å². The van der Waals surface area contributed by atoms with E-state index in [1.807, 2.05) is 0 Å². The maximum atomic E-state index is 11.9. The Balaban J connectivity index is 2.37. The van der Waals surface area contributed by atoms with E-state index in [0.29, 0.717) is 11.1 Å². The first-order chi connectivity index (χ1) is 12.7. The first-order valence-electron chi connectivity index (χ1n) is 7.76. The highest BCUT2D eigenvalue weighted by Gasteiger charge is 2.25. The normalized spacial score (nSPS) is 16.5. The summed E-state index contributed by atoms with van der Waals surface area (Å²) in [6.07, 6.45) is 2.20. The lowest BCUT2D eigenvalue weighted by Crippen LogP contribution is -2.16. The van der Waals surface area contributed by atoms with Gasteiger partial charge in [-0.05, 0) is 41.0 Å². The topological polar surface area (TPSA) is 129 Å². The summed E-state index contributed by atoms with van der Waals surface area (Å²) in [7, 11) is -4.59. The molecule has 0 aliphatic heterocycles. The van der Waals surface area contributed by atoms with Crippen LogP contribution in [0.4, 0.5) is 0 Å². The third-order valence-corrected chi connectivity index (χ3v) is 4.99. The average Bonchev–Trinajstić information content (AvgIpc) is 2.61. The first-order valence-corrected chi connectivity index (χ1v) is 9.20. The van der Waals surface area contributed by atoms with Crippen molar-refractivity contribution in [3.05, 3.63) is 71.3 Å². The van der Waals surface area contributed by atoms with Gasteiger partial charge in [-0.3, -0.25) is 14.1 Å². The maximum Gasteiger partial charge on any atom is 0.295 e. The summed E-state index contributed by atoms with van der Waals surface area (Å²) in [6.45, 7) is 0. The van der Waals surface area contributed by atoms with Crippen molar-refractivity contribution in [1.82, 2.24) is 0 Å². The number of aromatic hydroxyl groups is 2. The van der Waals surface area contributed by atoms with Gasteiger partial charge in [0, 0.05) is 12.0 Å². The lowest BCUT2D eigenvalue weighted by molar-refractivity contribution is -0.133. The van der Waals surface area contributed by atoms with E-state index in [0.717, 1.165) is 6.08 Å². The highest BCUT2D eigenvalue weighted by molar-refractivity contribution is 7.86. The van der Waals surface area contributed by atoms with Crippen LogP contribution in [0.3, 0.4) is 0 Å². The second kappa shape index (κ2) is 6.82. The van der Waals surface area contributed by atoms with Crippen LogP contribution >= 0.6 is 0 Å². The van der Waals surface area contributed by atoms with Crippen LogP contribution in [0, 0.1) is 0 Å². The fourth-order valence-electron chi connectivity index (χ4n) is 2.85. The van der Waals surface area contributed by atoms with Gasteiger partial charge in [-0.2, -0.15) is 8.42 Å². The second-order valence-electron chi connectivity index (χ2n) is 5.87. The standard InChI is InChI=1S/C19H14O7S/c20-14-7-5-11(9-16(14)22)19(12-6-8-15(21)17(23)10-12)13-3-1-2-4-18(13)27(24,25)26/h1-9,20,22H,10H2,(H,24,25,26). The van der Waals surface area contributed by atoms with Crippen molar-refractivity contribution in [1.29, 1.82) is 0 Å². The number of hydrogen-bond donors (Lipinski definition) is 3. The molecule has 7 nitrogen and oxygen atoms in total. The molecule has 0 radical (unpaired) electrons. The number of allylic oxidation sites excluding steroid dienone is 3. The Morgan fingerprint density at radius 3 is 2.26 bits per heavy atom. The summed E-state index contributed by atoms with van der Waals surface area (Å²) < 4.78 is 33.2. The largest absolute Gasteiger partial charge is 0.504 e. The van der Waals surface area contributed by atoms with Crippen molar-refractivity contribution in [2.45, 2.75) is 11.3 Å². The number of ketones is 2. The lowest BCUT2D eigenvalue weighted by atomic mass is 9.87. The average molecular weight is 386 g/mol. The van der Waals surface area contributed by atoms with Crippen LogP contribution in [0.5, 0.6) is 11.5 Å². The Bertz CT molecular complexity index is 1120. The zero-order valence-electron chi connectivity index (χ0n) is 13.8. The van der Waals surface area contributed by atoms with E-state index < -0.39 is 32.3 Å². The van der Waals surface area contributed by atoms with E-state index in [2.05, 4.69) is 0 Å². The molecule has 0 heterocycles. The number of rotatable bonds is 3. The number of phenols is 2. The number of Topliss-reactive ketones (excluding diaryl/α,β-unsaturated/α-hetero) is 1. The first kappa shape index (κ1) is 18.6. The second-order valence-corrected chi connectivity index (χ2v) is 7.26. The molecule has 2 aromatic rings. The van der Waals surface area contributed by atoms with Gasteiger partial charge in [0.25, 0.3) is 10.1 Å². The SMILES string of the molecule is O=C1C=CC(=C(c2ccc(O)c(O)c2)c2ccccc2S(=O)(=O)O)CC1=O. The van der Waals surface area contributed by atoms with Crippen LogP contribution in [0.15, 0.2) is 65.1 Å². The molecule has 0 saturated carbocycles. The van der Waals surface area contributed by atoms with E-state index in [-0.39, 0.29) is 23.3 Å². The monoisotopic (exact) mass is 386 g/mol. The predicted octanol–water partition coefficient (Wildman–Crippen LogP) is 2.24. The smallest absolute Gasteiger partial charge is 0.295 e. The molecular weight excluding hydrogens is 372 g/mol. The van der Waals surface area contributed by atoms with Crippen LogP contribution in [-0.4, -0.2) is 34.8 Å². The molecule has 138 valence electrons. The number of benzene rings is 2. The Hall–Kier alpha value is -3.23. The van der Waals surface area contributed by atoms with Crippen molar-refractivity contribution < 1.29 is 32.8 Å². The minimum Gasteiger partial charge on any atom is -0.504 e. The molecule has 3 N–H and O–H groups in total. The van der Waals surface area contributed by atoms with Crippen molar-refractivity contribution in [3.8, 4) is 11.5 Å². The molecule has 0 aromatic heterocycles. The molecule has 0 fully saturated rings. The zero-order valence-corrected chi connectivity index (χ0v) is 14.6. The molecule has 0 spiro atoms. The fourth-order valence-corrected chi connectivity index (χ4v) is 3.55. The summed E-state index contributed by atoms with van der Waals surface area (Å²) in [5, 5.41) is 19.4. The predicted molar refractivity (Wildman–Crippen MR) is 95.8 cm³/mol. The number of phenolic OH excluding ortho intramolecular Hbond substituents is 2. The van der Waals surface area contributed by atoms with Crippen LogP contribution < -0.4 is 0 Å². The van der Waals surface area contributed by atoms with Crippen LogP contribution in [0.25, 0.3) is 5.57 Å². The molecule has 8 heteroatoms. The van der Waals surface area contributed by atoms with E-state index in [1.165, 1.54) is 42.5 Å². The van der Waals surface area contributed by atoms with Gasteiger partial charge >= 0.3 is 0 Å². The maximum absolute atomic E-state index is 11.9. The van der Waals surface area contributed by atoms with Gasteiger partial charge in [-0.25, -0.2) is 0 Å². The summed E-state index contributed by atoms with van der Waals surface area (Å²) in [5.41, 5.74) is 0.950. The van der Waals surface area contributed by atoms with Crippen molar-refractivity contribution >= 4 is 27.3 Å². The van der Waals surface area contributed by atoms with E-state index >= 15 is 0 Å². The van der Waals surface area contributed by atoms with Crippen molar-refractivity contribution in [2.75, 3.05) is 0 Å². The van der Waals surface area contributed by atoms with E-state index in [1.54, 1.807) is 6.07 Å². The molecule has 0 unspecified atom stereocenters. The molecule has 0 saturated heterocycles. The Kier molecular flexibility index (Phi) is 4.69. The van der Waals surface area contributed by atoms with Crippen LogP contribution in [-0.2, 0) is 19.7 Å². The Labute approximate surface area is 154 Å².